The number of amides is 1. The number of β-amino-alcohol motifs (C(OH)–C–C–N with tert-alkyl or cyclic N) is 1. The Morgan fingerprint density at radius 1 is 1.50 bits per heavy atom. The summed E-state index contributed by atoms with van der Waals surface area (Å²) in [7, 11) is 0. The van der Waals surface area contributed by atoms with Crippen molar-refractivity contribution in [3.8, 4) is 10.6 Å². The summed E-state index contributed by atoms with van der Waals surface area (Å²) in [6.45, 7) is 0.345. The van der Waals surface area contributed by atoms with Crippen LogP contribution in [0.4, 0.5) is 5.13 Å². The van der Waals surface area contributed by atoms with Gasteiger partial charge in [0.25, 0.3) is 0 Å². The number of hydrogen-bond donors (Lipinski definition) is 1. The highest BCUT2D eigenvalue weighted by atomic mass is 79.9. The van der Waals surface area contributed by atoms with Crippen molar-refractivity contribution in [3.05, 3.63) is 21.3 Å². The van der Waals surface area contributed by atoms with Gasteiger partial charge in [0, 0.05) is 9.85 Å². The molecule has 1 atom stereocenters. The monoisotopic (exact) mass is 344 g/mol. The Morgan fingerprint density at radius 2 is 2.33 bits per heavy atom. The number of nitrogens with zero attached hydrogens (tertiary/aromatic N) is 2. The Labute approximate surface area is 120 Å². The molecule has 4 nitrogen and oxygen atoms in total. The molecule has 2 aromatic rings. The molecule has 1 unspecified atom stereocenters. The fourth-order valence-corrected chi connectivity index (χ4v) is 4.30. The van der Waals surface area contributed by atoms with Crippen molar-refractivity contribution in [3.63, 3.8) is 0 Å². The lowest BCUT2D eigenvalue weighted by Crippen LogP contribution is -2.24. The van der Waals surface area contributed by atoms with E-state index < -0.39 is 6.10 Å². The minimum Gasteiger partial charge on any atom is -0.391 e. The molecular weight excluding hydrogens is 336 g/mol. The van der Waals surface area contributed by atoms with Gasteiger partial charge in [-0.05, 0) is 27.4 Å². The van der Waals surface area contributed by atoms with Crippen molar-refractivity contribution in [1.82, 2.24) is 4.98 Å². The molecule has 1 N–H and O–H groups in total. The summed E-state index contributed by atoms with van der Waals surface area (Å²) in [5, 5.41) is 14.1. The van der Waals surface area contributed by atoms with Gasteiger partial charge in [-0.1, -0.05) is 0 Å². The van der Waals surface area contributed by atoms with E-state index in [0.29, 0.717) is 11.7 Å². The molecule has 0 spiro atoms. The van der Waals surface area contributed by atoms with Gasteiger partial charge in [0.2, 0.25) is 5.91 Å². The van der Waals surface area contributed by atoms with Gasteiger partial charge in [0.15, 0.2) is 5.13 Å². The highest BCUT2D eigenvalue weighted by Gasteiger charge is 2.31. The molecule has 1 aliphatic heterocycles. The van der Waals surface area contributed by atoms with Crippen LogP contribution in [0, 0.1) is 0 Å². The number of carbonyl (C=O) groups excluding carboxylic acids is 1. The van der Waals surface area contributed by atoms with Crippen LogP contribution in [-0.2, 0) is 4.79 Å². The van der Waals surface area contributed by atoms with E-state index >= 15 is 0 Å². The minimum absolute atomic E-state index is 0.0614. The second-order valence-electron chi connectivity index (χ2n) is 3.98. The number of carbonyl (C=O) groups is 1. The van der Waals surface area contributed by atoms with Crippen LogP contribution in [0.25, 0.3) is 10.6 Å². The molecule has 1 amide bonds. The Kier molecular flexibility index (Phi) is 3.23. The molecule has 18 heavy (non-hydrogen) atoms. The molecule has 94 valence electrons. The quantitative estimate of drug-likeness (QED) is 0.911. The molecule has 3 rings (SSSR count). The van der Waals surface area contributed by atoms with Crippen LogP contribution in [0.3, 0.4) is 0 Å². The lowest BCUT2D eigenvalue weighted by molar-refractivity contribution is -0.117. The first-order chi connectivity index (χ1) is 8.65. The summed E-state index contributed by atoms with van der Waals surface area (Å²) in [5.74, 6) is -0.0614. The van der Waals surface area contributed by atoms with E-state index in [1.54, 1.807) is 16.2 Å². The SMILES string of the molecule is O=C1CC(O)CN1c1nc(-c2sccc2Br)cs1. The lowest BCUT2D eigenvalue weighted by Gasteiger charge is -2.10. The summed E-state index contributed by atoms with van der Waals surface area (Å²) in [5.41, 5.74) is 0.867. The maximum absolute atomic E-state index is 11.7. The molecule has 1 saturated heterocycles. The summed E-state index contributed by atoms with van der Waals surface area (Å²) in [4.78, 5) is 18.8. The standard InChI is InChI=1S/C11H9BrN2O2S2/c12-7-1-2-17-10(7)8-5-18-11(13-8)14-4-6(15)3-9(14)16/h1-2,5-6,15H,3-4H2. The van der Waals surface area contributed by atoms with Crippen LogP contribution in [-0.4, -0.2) is 28.6 Å². The van der Waals surface area contributed by atoms with E-state index in [2.05, 4.69) is 20.9 Å². The van der Waals surface area contributed by atoms with Crippen molar-refractivity contribution in [2.75, 3.05) is 11.4 Å². The molecule has 1 aliphatic rings. The fourth-order valence-electron chi connectivity index (χ4n) is 1.84. The lowest BCUT2D eigenvalue weighted by atomic mass is 10.3. The van der Waals surface area contributed by atoms with Gasteiger partial charge < -0.3 is 5.11 Å². The normalized spacial score (nSPS) is 19.8. The summed E-state index contributed by atoms with van der Waals surface area (Å²) in [6, 6.07) is 1.98. The average molecular weight is 345 g/mol. The number of thiophene rings is 1. The maximum Gasteiger partial charge on any atom is 0.231 e. The van der Waals surface area contributed by atoms with E-state index in [4.69, 9.17) is 0 Å². The molecule has 0 aliphatic carbocycles. The molecule has 0 aromatic carbocycles. The van der Waals surface area contributed by atoms with Crippen LogP contribution in [0.2, 0.25) is 0 Å². The largest absolute Gasteiger partial charge is 0.391 e. The number of aliphatic hydroxyl groups excluding tert-OH is 1. The van der Waals surface area contributed by atoms with Crippen LogP contribution >= 0.6 is 38.6 Å². The number of anilines is 1. The van der Waals surface area contributed by atoms with Gasteiger partial charge in [-0.15, -0.1) is 22.7 Å². The number of rotatable bonds is 2. The van der Waals surface area contributed by atoms with Crippen molar-refractivity contribution in [2.24, 2.45) is 0 Å². The maximum atomic E-state index is 11.7. The second-order valence-corrected chi connectivity index (χ2v) is 6.58. The highest BCUT2D eigenvalue weighted by Crippen LogP contribution is 2.36. The predicted octanol–water partition coefficient (Wildman–Crippen LogP) is 2.73. The van der Waals surface area contributed by atoms with E-state index in [1.165, 1.54) is 11.3 Å². The van der Waals surface area contributed by atoms with Crippen molar-refractivity contribution >= 4 is 49.6 Å². The third kappa shape index (κ3) is 2.11. The molecule has 0 saturated carbocycles. The van der Waals surface area contributed by atoms with E-state index in [9.17, 15) is 9.90 Å². The minimum atomic E-state index is -0.571. The van der Waals surface area contributed by atoms with Crippen LogP contribution in [0.1, 0.15) is 6.42 Å². The Morgan fingerprint density at radius 3 is 2.94 bits per heavy atom. The van der Waals surface area contributed by atoms with E-state index in [0.717, 1.165) is 15.0 Å². The molecule has 1 fully saturated rings. The average Bonchev–Trinajstić information content (AvgIpc) is 2.98. The number of halogens is 1. The van der Waals surface area contributed by atoms with Crippen LogP contribution in [0.5, 0.6) is 0 Å². The van der Waals surface area contributed by atoms with Crippen LogP contribution < -0.4 is 4.90 Å². The Balaban J connectivity index is 1.91. The second kappa shape index (κ2) is 4.73. The van der Waals surface area contributed by atoms with Gasteiger partial charge >= 0.3 is 0 Å². The highest BCUT2D eigenvalue weighted by molar-refractivity contribution is 9.10. The smallest absolute Gasteiger partial charge is 0.231 e. The van der Waals surface area contributed by atoms with Crippen molar-refractivity contribution in [2.45, 2.75) is 12.5 Å². The summed E-state index contributed by atoms with van der Waals surface area (Å²) in [6.07, 6.45) is -0.379. The molecular formula is C11H9BrN2O2S2. The number of hydrogen-bond acceptors (Lipinski definition) is 5. The molecule has 7 heteroatoms. The fraction of sp³-hybridized carbons (Fsp3) is 0.273. The topological polar surface area (TPSA) is 53.4 Å². The summed E-state index contributed by atoms with van der Waals surface area (Å²) < 4.78 is 1.01. The number of aromatic nitrogens is 1. The number of aliphatic hydroxyl groups is 1. The van der Waals surface area contributed by atoms with Gasteiger partial charge in [-0.25, -0.2) is 4.98 Å². The molecule has 0 radical (unpaired) electrons. The van der Waals surface area contributed by atoms with E-state index in [-0.39, 0.29) is 12.3 Å². The van der Waals surface area contributed by atoms with E-state index in [1.807, 2.05) is 16.8 Å². The third-order valence-electron chi connectivity index (χ3n) is 2.68. The first-order valence-electron chi connectivity index (χ1n) is 5.32. The third-order valence-corrected chi connectivity index (χ3v) is 5.40. The first kappa shape index (κ1) is 12.3. The number of thiazole rings is 1. The molecule has 2 aromatic heterocycles. The zero-order valence-electron chi connectivity index (χ0n) is 9.17. The zero-order valence-corrected chi connectivity index (χ0v) is 12.4. The van der Waals surface area contributed by atoms with Crippen molar-refractivity contribution in [1.29, 1.82) is 0 Å². The molecule has 0 bridgehead atoms. The Hall–Kier alpha value is -0.760. The van der Waals surface area contributed by atoms with Crippen molar-refractivity contribution < 1.29 is 9.90 Å². The first-order valence-corrected chi connectivity index (χ1v) is 7.87. The van der Waals surface area contributed by atoms with Gasteiger partial charge in [0.1, 0.15) is 0 Å². The molecule has 3 heterocycles. The van der Waals surface area contributed by atoms with Gasteiger partial charge in [-0.2, -0.15) is 0 Å². The predicted molar refractivity (Wildman–Crippen MR) is 76.1 cm³/mol. The van der Waals surface area contributed by atoms with Gasteiger partial charge in [-0.3, -0.25) is 9.69 Å². The summed E-state index contributed by atoms with van der Waals surface area (Å²) >= 11 is 6.50. The zero-order chi connectivity index (χ0) is 12.7. The van der Waals surface area contributed by atoms with Gasteiger partial charge in [0.05, 0.1) is 29.6 Å². The van der Waals surface area contributed by atoms with Crippen LogP contribution in [0.15, 0.2) is 21.3 Å². The Bertz CT molecular complexity index is 595.